The molecule has 194 valence electrons. The molecule has 5 heteroatoms. The van der Waals surface area contributed by atoms with Crippen LogP contribution in [0, 0.1) is 11.6 Å². The van der Waals surface area contributed by atoms with Crippen LogP contribution in [0.15, 0.2) is 104 Å². The minimum absolute atomic E-state index is 0.0650. The van der Waals surface area contributed by atoms with Crippen molar-refractivity contribution in [1.29, 1.82) is 0 Å². The normalized spacial score (nSPS) is 17.9. The minimum atomic E-state index is -0.912. The Kier molecular flexibility index (Phi) is 13.3. The van der Waals surface area contributed by atoms with Gasteiger partial charge in [-0.05, 0) is 54.7 Å². The van der Waals surface area contributed by atoms with E-state index in [1.54, 1.807) is 12.1 Å². The van der Waals surface area contributed by atoms with Crippen LogP contribution in [0.2, 0.25) is 0 Å². The molecule has 0 aliphatic heterocycles. The molecule has 0 heterocycles. The Morgan fingerprint density at radius 1 is 1.03 bits per heavy atom. The number of halogens is 3. The van der Waals surface area contributed by atoms with E-state index in [9.17, 15) is 18.3 Å². The lowest BCUT2D eigenvalue weighted by molar-refractivity contribution is 0.122. The summed E-state index contributed by atoms with van der Waals surface area (Å²) in [5, 5.41) is 9.61. The Morgan fingerprint density at radius 3 is 2.19 bits per heavy atom. The van der Waals surface area contributed by atoms with Crippen LogP contribution in [0.4, 0.5) is 13.2 Å². The Hall–Kier alpha value is -3.31. The quantitative estimate of drug-likeness (QED) is 0.198. The average Bonchev–Trinajstić information content (AvgIpc) is 2.88. The molecule has 36 heavy (non-hydrogen) atoms. The van der Waals surface area contributed by atoms with E-state index in [0.717, 1.165) is 12.5 Å². The first-order chi connectivity index (χ1) is 17.0. The van der Waals surface area contributed by atoms with Crippen molar-refractivity contribution in [1.82, 2.24) is 0 Å². The molecule has 0 unspecified atom stereocenters. The minimum Gasteiger partial charge on any atom is -0.497 e. The summed E-state index contributed by atoms with van der Waals surface area (Å²) < 4.78 is 48.0. The molecule has 1 N–H and O–H groups in total. The highest BCUT2D eigenvalue weighted by Crippen LogP contribution is 2.35. The molecule has 1 fully saturated rings. The highest BCUT2D eigenvalue weighted by atomic mass is 19.2. The van der Waals surface area contributed by atoms with Gasteiger partial charge in [0.1, 0.15) is 11.6 Å². The van der Waals surface area contributed by atoms with Gasteiger partial charge in [-0.25, -0.2) is 13.2 Å². The lowest BCUT2D eigenvalue weighted by Crippen LogP contribution is -2.18. The van der Waals surface area contributed by atoms with Gasteiger partial charge in [0, 0.05) is 17.2 Å². The molecule has 2 nitrogen and oxygen atoms in total. The van der Waals surface area contributed by atoms with Crippen molar-refractivity contribution in [3.63, 3.8) is 0 Å². The molecule has 0 aromatic heterocycles. The van der Waals surface area contributed by atoms with Crippen LogP contribution in [0.5, 0.6) is 0 Å². The highest BCUT2D eigenvalue weighted by molar-refractivity contribution is 5.57. The van der Waals surface area contributed by atoms with Gasteiger partial charge in [-0.2, -0.15) is 0 Å². The largest absolute Gasteiger partial charge is 0.497 e. The van der Waals surface area contributed by atoms with Crippen molar-refractivity contribution in [2.75, 3.05) is 7.11 Å². The summed E-state index contributed by atoms with van der Waals surface area (Å²) in [6.45, 7) is 20.3. The molecular formula is C31H37F3O2. The fourth-order valence-electron chi connectivity index (χ4n) is 3.41. The Morgan fingerprint density at radius 2 is 1.64 bits per heavy atom. The van der Waals surface area contributed by atoms with Crippen LogP contribution in [0.3, 0.4) is 0 Å². The monoisotopic (exact) mass is 498 g/mol. The third-order valence-electron chi connectivity index (χ3n) is 5.77. The van der Waals surface area contributed by atoms with Gasteiger partial charge < -0.3 is 9.84 Å². The predicted molar refractivity (Wildman–Crippen MR) is 145 cm³/mol. The first-order valence-electron chi connectivity index (χ1n) is 11.9. The number of hydrogen-bond donors (Lipinski definition) is 1. The molecule has 0 atom stereocenters. The van der Waals surface area contributed by atoms with Gasteiger partial charge in [0.05, 0.1) is 13.2 Å². The molecule has 0 amide bonds. The Bertz CT molecular complexity index is 1050. The van der Waals surface area contributed by atoms with Crippen molar-refractivity contribution in [3.8, 4) is 0 Å². The van der Waals surface area contributed by atoms with Crippen molar-refractivity contribution in [2.24, 2.45) is 0 Å². The van der Waals surface area contributed by atoms with Crippen LogP contribution in [0.25, 0.3) is 6.08 Å². The SMILES string of the molecule is C=C(/C=C\C(=C)C(=C)/C(F)=C\C(=C)OC)/C=C/c1ccc(C2CCC(O)CC2)c(F)c1F.C=CCC. The summed E-state index contributed by atoms with van der Waals surface area (Å²) in [4.78, 5) is 0. The second-order valence-electron chi connectivity index (χ2n) is 8.48. The van der Waals surface area contributed by atoms with Crippen molar-refractivity contribution >= 4 is 6.08 Å². The number of ether oxygens (including phenoxy) is 1. The van der Waals surface area contributed by atoms with Gasteiger partial charge in [0.15, 0.2) is 11.6 Å². The smallest absolute Gasteiger partial charge is 0.166 e. The molecule has 1 aromatic rings. The zero-order chi connectivity index (χ0) is 27.3. The van der Waals surface area contributed by atoms with Crippen LogP contribution < -0.4 is 0 Å². The summed E-state index contributed by atoms with van der Waals surface area (Å²) in [6, 6.07) is 3.14. The fraction of sp³-hybridized carbons (Fsp3) is 0.290. The van der Waals surface area contributed by atoms with E-state index in [1.165, 1.54) is 31.4 Å². The standard InChI is InChI=1S/C27H29F3O2.C4H8/c1-17(6-8-18(2)20(4)25(28)16-19(3)32-5)7-9-22-12-15-24(27(30)26(22)29)21-10-13-23(31)14-11-21;1-3-4-2/h6-9,12,15-16,21,23,31H,1-4,10-11,13-14H2,5H3;3H,1,4H2,2H3/b8-6-,9-7+,25-16+;. The molecule has 1 aliphatic carbocycles. The van der Waals surface area contributed by atoms with Gasteiger partial charge in [0.2, 0.25) is 0 Å². The first-order valence-corrected chi connectivity index (χ1v) is 11.9. The van der Waals surface area contributed by atoms with Crippen molar-refractivity contribution in [2.45, 2.75) is 51.0 Å². The molecule has 1 aliphatic rings. The average molecular weight is 499 g/mol. The van der Waals surface area contributed by atoms with E-state index >= 15 is 0 Å². The summed E-state index contributed by atoms with van der Waals surface area (Å²) in [7, 11) is 1.38. The number of benzene rings is 1. The first kappa shape index (κ1) is 30.7. The fourth-order valence-corrected chi connectivity index (χ4v) is 3.41. The number of hydrogen-bond acceptors (Lipinski definition) is 2. The van der Waals surface area contributed by atoms with Gasteiger partial charge in [0.25, 0.3) is 0 Å². The lowest BCUT2D eigenvalue weighted by atomic mass is 9.82. The van der Waals surface area contributed by atoms with Gasteiger partial charge in [-0.1, -0.05) is 75.8 Å². The topological polar surface area (TPSA) is 29.5 Å². The maximum Gasteiger partial charge on any atom is 0.166 e. The summed E-state index contributed by atoms with van der Waals surface area (Å²) in [6.07, 6.45) is 12.2. The van der Waals surface area contributed by atoms with E-state index < -0.39 is 17.5 Å². The van der Waals surface area contributed by atoms with Crippen LogP contribution >= 0.6 is 0 Å². The molecule has 2 rings (SSSR count). The number of aliphatic hydroxyl groups is 1. The maximum absolute atomic E-state index is 14.6. The number of aliphatic hydroxyl groups excluding tert-OH is 1. The van der Waals surface area contributed by atoms with Crippen molar-refractivity contribution in [3.05, 3.63) is 126 Å². The lowest BCUT2D eigenvalue weighted by Gasteiger charge is -2.26. The van der Waals surface area contributed by atoms with E-state index in [4.69, 9.17) is 4.74 Å². The number of allylic oxidation sites excluding steroid dienone is 9. The van der Waals surface area contributed by atoms with Gasteiger partial charge >= 0.3 is 0 Å². The summed E-state index contributed by atoms with van der Waals surface area (Å²) in [5.41, 5.74) is 1.32. The third-order valence-corrected chi connectivity index (χ3v) is 5.77. The maximum atomic E-state index is 14.6. The third kappa shape index (κ3) is 9.74. The summed E-state index contributed by atoms with van der Waals surface area (Å²) >= 11 is 0. The van der Waals surface area contributed by atoms with E-state index in [1.807, 2.05) is 6.08 Å². The van der Waals surface area contributed by atoms with Crippen LogP contribution in [0.1, 0.15) is 56.1 Å². The Balaban J connectivity index is 0.00000150. The van der Waals surface area contributed by atoms with E-state index in [0.29, 0.717) is 42.4 Å². The second kappa shape index (κ2) is 15.6. The molecule has 1 aromatic carbocycles. The van der Waals surface area contributed by atoms with Crippen LogP contribution in [-0.4, -0.2) is 18.3 Å². The molecule has 0 spiro atoms. The zero-order valence-electron chi connectivity index (χ0n) is 21.3. The Labute approximate surface area is 213 Å². The summed E-state index contributed by atoms with van der Waals surface area (Å²) in [5.74, 6) is -2.32. The number of rotatable bonds is 10. The molecular weight excluding hydrogens is 461 g/mol. The second-order valence-corrected chi connectivity index (χ2v) is 8.48. The van der Waals surface area contributed by atoms with Gasteiger partial charge in [-0.15, -0.1) is 6.58 Å². The molecule has 0 radical (unpaired) electrons. The molecule has 1 saturated carbocycles. The van der Waals surface area contributed by atoms with Gasteiger partial charge in [-0.3, -0.25) is 0 Å². The molecule has 0 saturated heterocycles. The number of methoxy groups -OCH3 is 1. The highest BCUT2D eigenvalue weighted by Gasteiger charge is 2.25. The van der Waals surface area contributed by atoms with E-state index in [2.05, 4.69) is 39.8 Å². The zero-order valence-corrected chi connectivity index (χ0v) is 21.3. The molecule has 0 bridgehead atoms. The predicted octanol–water partition coefficient (Wildman–Crippen LogP) is 8.82. The van der Waals surface area contributed by atoms with Crippen LogP contribution in [-0.2, 0) is 4.74 Å². The van der Waals surface area contributed by atoms with Crippen molar-refractivity contribution < 1.29 is 23.0 Å². The van der Waals surface area contributed by atoms with E-state index in [-0.39, 0.29) is 28.9 Å².